The molecule has 0 saturated carbocycles. The third-order valence-corrected chi connectivity index (χ3v) is 10.3. The van der Waals surface area contributed by atoms with Gasteiger partial charge in [-0.05, 0) is 31.3 Å². The summed E-state index contributed by atoms with van der Waals surface area (Å²) in [5.74, 6) is -1.16. The molecule has 140 valence electrons. The molecule has 0 aliphatic carbocycles. The minimum Gasteiger partial charge on any atom is -0.533 e. The van der Waals surface area contributed by atoms with Crippen LogP contribution in [0.1, 0.15) is 20.8 Å². The maximum atomic E-state index is 14.2. The summed E-state index contributed by atoms with van der Waals surface area (Å²) in [7, 11) is -2.93. The smallest absolute Gasteiger partial charge is 0.320 e. The van der Waals surface area contributed by atoms with E-state index in [0.717, 1.165) is 16.4 Å². The zero-order valence-electron chi connectivity index (χ0n) is 15.5. The molecule has 1 nitrogen and oxygen atoms in total. The van der Waals surface area contributed by atoms with Gasteiger partial charge in [0.25, 0.3) is 0 Å². The first kappa shape index (κ1) is 19.8. The van der Waals surface area contributed by atoms with E-state index in [0.29, 0.717) is 0 Å². The number of hydrogen-bond donors (Lipinski definition) is 0. The second-order valence-corrected chi connectivity index (χ2v) is 12.5. The third kappa shape index (κ3) is 3.71. The second-order valence-electron chi connectivity index (χ2n) is 7.47. The lowest BCUT2D eigenvalue weighted by Crippen LogP contribution is -2.68. The van der Waals surface area contributed by atoms with Crippen LogP contribution >= 0.6 is 15.9 Å². The fourth-order valence-electron chi connectivity index (χ4n) is 3.42. The summed E-state index contributed by atoms with van der Waals surface area (Å²) in [4.78, 5) is 0. The number of rotatable bonds is 4. The van der Waals surface area contributed by atoms with Crippen molar-refractivity contribution in [3.05, 3.63) is 88.9 Å². The molecule has 0 fully saturated rings. The van der Waals surface area contributed by atoms with Gasteiger partial charge in [-0.2, -0.15) is 0 Å². The molecule has 0 atom stereocenters. The third-order valence-electron chi connectivity index (χ3n) is 4.64. The van der Waals surface area contributed by atoms with Gasteiger partial charge < -0.3 is 4.43 Å². The van der Waals surface area contributed by atoms with Crippen molar-refractivity contribution in [2.24, 2.45) is 0 Å². The van der Waals surface area contributed by atoms with Crippen LogP contribution in [0.3, 0.4) is 0 Å². The van der Waals surface area contributed by atoms with Gasteiger partial charge in [0, 0.05) is 12.1 Å². The van der Waals surface area contributed by atoms with Gasteiger partial charge in [0.15, 0.2) is 0 Å². The molecule has 0 bridgehead atoms. The Kier molecular flexibility index (Phi) is 5.54. The summed E-state index contributed by atoms with van der Waals surface area (Å²) in [6, 6.07) is 22.0. The second kappa shape index (κ2) is 7.56. The molecular weight excluding hydrogens is 426 g/mol. The van der Waals surface area contributed by atoms with Crippen molar-refractivity contribution in [3.8, 4) is 5.75 Å². The minimum absolute atomic E-state index is 0.136. The highest BCUT2D eigenvalue weighted by molar-refractivity contribution is 9.10. The summed E-state index contributed by atoms with van der Waals surface area (Å²) < 4.78 is 34.9. The van der Waals surface area contributed by atoms with E-state index in [2.05, 4.69) is 36.7 Å². The molecule has 3 aromatic rings. The highest BCUT2D eigenvalue weighted by atomic mass is 79.9. The van der Waals surface area contributed by atoms with Crippen LogP contribution in [0.5, 0.6) is 5.75 Å². The van der Waals surface area contributed by atoms with Gasteiger partial charge >= 0.3 is 8.32 Å². The van der Waals surface area contributed by atoms with Crippen LogP contribution in [-0.2, 0) is 0 Å². The summed E-state index contributed by atoms with van der Waals surface area (Å²) in [6.45, 7) is 6.34. The van der Waals surface area contributed by atoms with Gasteiger partial charge in [-0.15, -0.1) is 0 Å². The predicted molar refractivity (Wildman–Crippen MR) is 112 cm³/mol. The van der Waals surface area contributed by atoms with Crippen molar-refractivity contribution in [1.82, 2.24) is 0 Å². The van der Waals surface area contributed by atoms with Crippen LogP contribution in [0, 0.1) is 11.6 Å². The molecule has 0 radical (unpaired) electrons. The molecule has 0 aliphatic heterocycles. The van der Waals surface area contributed by atoms with Gasteiger partial charge in [-0.25, -0.2) is 8.78 Å². The predicted octanol–water partition coefficient (Wildman–Crippen LogP) is 5.67. The van der Waals surface area contributed by atoms with Gasteiger partial charge in [0.2, 0.25) is 0 Å². The molecule has 3 rings (SSSR count). The molecule has 0 spiro atoms. The summed E-state index contributed by atoms with van der Waals surface area (Å²) >= 11 is 3.23. The topological polar surface area (TPSA) is 9.23 Å². The van der Waals surface area contributed by atoms with Crippen molar-refractivity contribution in [3.63, 3.8) is 0 Å². The summed E-state index contributed by atoms with van der Waals surface area (Å²) in [5.41, 5.74) is 0. The highest BCUT2D eigenvalue weighted by Gasteiger charge is 2.52. The average Bonchev–Trinajstić information content (AvgIpc) is 2.64. The molecule has 0 amide bonds. The molecule has 27 heavy (non-hydrogen) atoms. The van der Waals surface area contributed by atoms with Crippen LogP contribution in [0.2, 0.25) is 5.04 Å². The molecule has 0 N–H and O–H groups in total. The van der Waals surface area contributed by atoms with Crippen LogP contribution < -0.4 is 14.8 Å². The van der Waals surface area contributed by atoms with Crippen molar-refractivity contribution in [1.29, 1.82) is 0 Å². The lowest BCUT2D eigenvalue weighted by molar-refractivity contribution is 0.488. The summed E-state index contributed by atoms with van der Waals surface area (Å²) in [6.07, 6.45) is 0. The molecular formula is C22H21BrF2OSi. The van der Waals surface area contributed by atoms with Gasteiger partial charge in [0.1, 0.15) is 17.4 Å². The van der Waals surface area contributed by atoms with Crippen molar-refractivity contribution in [2.45, 2.75) is 25.8 Å². The zero-order valence-corrected chi connectivity index (χ0v) is 18.1. The first-order valence-corrected chi connectivity index (χ1v) is 11.4. The summed E-state index contributed by atoms with van der Waals surface area (Å²) in [5, 5.41) is 1.79. The monoisotopic (exact) mass is 446 g/mol. The first-order valence-electron chi connectivity index (χ1n) is 8.70. The number of hydrogen-bond acceptors (Lipinski definition) is 1. The van der Waals surface area contributed by atoms with E-state index in [1.54, 1.807) is 0 Å². The van der Waals surface area contributed by atoms with E-state index in [4.69, 9.17) is 4.43 Å². The molecule has 5 heteroatoms. The minimum atomic E-state index is -2.93. The van der Waals surface area contributed by atoms with Crippen LogP contribution in [0.4, 0.5) is 8.78 Å². The Morgan fingerprint density at radius 2 is 1.30 bits per heavy atom. The van der Waals surface area contributed by atoms with Crippen molar-refractivity contribution in [2.75, 3.05) is 0 Å². The van der Waals surface area contributed by atoms with Gasteiger partial charge in [0.05, 0.1) is 4.47 Å². The quantitative estimate of drug-likeness (QED) is 0.370. The van der Waals surface area contributed by atoms with Gasteiger partial charge in [-0.1, -0.05) is 81.4 Å². The Labute approximate surface area is 168 Å². The number of benzene rings is 3. The maximum Gasteiger partial charge on any atom is 0.320 e. The van der Waals surface area contributed by atoms with Gasteiger partial charge in [-0.3, -0.25) is 0 Å². The van der Waals surface area contributed by atoms with Crippen molar-refractivity contribution < 1.29 is 13.2 Å². The SMILES string of the molecule is CC(C)(C)[Si](Oc1cc(F)cc(F)c1Br)(c1ccccc1)c1ccccc1. The highest BCUT2D eigenvalue weighted by Crippen LogP contribution is 2.40. The average molecular weight is 447 g/mol. The Bertz CT molecular complexity index is 885. The Morgan fingerprint density at radius 3 is 1.74 bits per heavy atom. The molecule has 3 aromatic carbocycles. The largest absolute Gasteiger partial charge is 0.533 e. The van der Waals surface area contributed by atoms with E-state index >= 15 is 0 Å². The fraction of sp³-hybridized carbons (Fsp3) is 0.182. The molecule has 0 saturated heterocycles. The lowest BCUT2D eigenvalue weighted by Gasteiger charge is -2.43. The van der Waals surface area contributed by atoms with E-state index in [-0.39, 0.29) is 15.3 Å². The molecule has 0 aromatic heterocycles. The van der Waals surface area contributed by atoms with Crippen LogP contribution in [0.15, 0.2) is 77.3 Å². The van der Waals surface area contributed by atoms with E-state index in [1.165, 1.54) is 6.07 Å². The van der Waals surface area contributed by atoms with Crippen LogP contribution in [-0.4, -0.2) is 8.32 Å². The first-order chi connectivity index (χ1) is 12.8. The molecule has 0 unspecified atom stereocenters. The molecule has 0 aliphatic rings. The van der Waals surface area contributed by atoms with E-state index < -0.39 is 20.0 Å². The van der Waals surface area contributed by atoms with E-state index in [1.807, 2.05) is 60.7 Å². The Morgan fingerprint density at radius 1 is 0.815 bits per heavy atom. The fourth-order valence-corrected chi connectivity index (χ4v) is 8.30. The Hall–Kier alpha value is -1.98. The van der Waals surface area contributed by atoms with Crippen LogP contribution in [0.25, 0.3) is 0 Å². The Balaban J connectivity index is 2.31. The normalized spacial score (nSPS) is 12.1. The maximum absolute atomic E-state index is 14.2. The number of halogens is 3. The van der Waals surface area contributed by atoms with Crippen molar-refractivity contribution >= 4 is 34.6 Å². The standard InChI is InChI=1S/C22H21BrF2OSi/c1-22(2,3)27(17-10-6-4-7-11-17,18-12-8-5-9-13-18)26-20-15-16(24)14-19(25)21(20)23/h4-15H,1-3H3. The zero-order chi connectivity index (χ0) is 19.7. The lowest BCUT2D eigenvalue weighted by atomic mass is 10.2. The molecule has 0 heterocycles. The van der Waals surface area contributed by atoms with E-state index in [9.17, 15) is 8.78 Å².